The van der Waals surface area contributed by atoms with E-state index < -0.39 is 10.9 Å². The molecule has 80 valence electrons. The van der Waals surface area contributed by atoms with Crippen molar-refractivity contribution in [3.8, 4) is 0 Å². The van der Waals surface area contributed by atoms with Gasteiger partial charge >= 0.3 is 5.97 Å². The summed E-state index contributed by atoms with van der Waals surface area (Å²) in [4.78, 5) is 21.4. The Labute approximate surface area is 86.8 Å². The molecule has 1 rings (SSSR count). The van der Waals surface area contributed by atoms with Crippen molar-refractivity contribution in [1.29, 1.82) is 0 Å². The van der Waals surface area contributed by atoms with E-state index in [1.54, 1.807) is 6.07 Å². The highest BCUT2D eigenvalue weighted by molar-refractivity contribution is 5.93. The number of hydrogen-bond acceptors (Lipinski definition) is 4. The average molecular weight is 209 g/mol. The van der Waals surface area contributed by atoms with Gasteiger partial charge in [-0.3, -0.25) is 10.1 Å². The summed E-state index contributed by atoms with van der Waals surface area (Å²) in [5.74, 6) is -0.649. The molecule has 15 heavy (non-hydrogen) atoms. The van der Waals surface area contributed by atoms with Crippen LogP contribution in [0.1, 0.15) is 23.7 Å². The lowest BCUT2D eigenvalue weighted by atomic mass is 10.2. The van der Waals surface area contributed by atoms with Crippen LogP contribution in [0.15, 0.2) is 24.3 Å². The van der Waals surface area contributed by atoms with E-state index in [1.165, 1.54) is 18.2 Å². The van der Waals surface area contributed by atoms with Gasteiger partial charge in [-0.2, -0.15) is 0 Å². The number of ether oxygens (including phenoxy) is 1. The number of carbonyl (C=O) groups excluding carboxylic acids is 1. The smallest absolute Gasteiger partial charge is 0.345 e. The van der Waals surface area contributed by atoms with E-state index >= 15 is 0 Å². The molecular weight excluding hydrogens is 198 g/mol. The molecule has 5 nitrogen and oxygen atoms in total. The normalized spacial score (nSPS) is 9.67. The van der Waals surface area contributed by atoms with Crippen molar-refractivity contribution in [3.05, 3.63) is 39.9 Å². The number of nitrogens with zero attached hydrogens (tertiary/aromatic N) is 1. The van der Waals surface area contributed by atoms with Gasteiger partial charge in [0.15, 0.2) is 0 Å². The largest absolute Gasteiger partial charge is 0.462 e. The number of carbonyl (C=O) groups is 1. The zero-order valence-electron chi connectivity index (χ0n) is 8.30. The van der Waals surface area contributed by atoms with Crippen LogP contribution in [0.4, 0.5) is 5.69 Å². The van der Waals surface area contributed by atoms with Crippen LogP contribution in [0.5, 0.6) is 0 Å². The molecule has 0 heterocycles. The van der Waals surface area contributed by atoms with E-state index in [9.17, 15) is 14.9 Å². The quantitative estimate of drug-likeness (QED) is 0.433. The predicted molar refractivity (Wildman–Crippen MR) is 53.7 cm³/mol. The van der Waals surface area contributed by atoms with Crippen LogP contribution in [-0.2, 0) is 4.74 Å². The Kier molecular flexibility index (Phi) is 3.79. The molecular formula is C10H11NO4. The number of nitro groups is 1. The molecule has 0 spiro atoms. The molecule has 0 aliphatic carbocycles. The summed E-state index contributed by atoms with van der Waals surface area (Å²) < 4.78 is 4.82. The number of hydrogen-bond donors (Lipinski definition) is 0. The van der Waals surface area contributed by atoms with E-state index in [0.717, 1.165) is 0 Å². The van der Waals surface area contributed by atoms with Gasteiger partial charge in [0.25, 0.3) is 5.69 Å². The molecule has 0 fully saturated rings. The molecule has 5 heteroatoms. The highest BCUT2D eigenvalue weighted by atomic mass is 16.6. The fourth-order valence-electron chi connectivity index (χ4n) is 1.08. The van der Waals surface area contributed by atoms with Gasteiger partial charge in [0.1, 0.15) is 5.56 Å². The minimum Gasteiger partial charge on any atom is -0.462 e. The highest BCUT2D eigenvalue weighted by Gasteiger charge is 2.19. The second-order valence-electron chi connectivity index (χ2n) is 2.91. The molecule has 0 amide bonds. The van der Waals surface area contributed by atoms with E-state index in [4.69, 9.17) is 4.74 Å². The monoisotopic (exact) mass is 209 g/mol. The lowest BCUT2D eigenvalue weighted by Crippen LogP contribution is -2.08. The molecule has 0 bridgehead atoms. The second kappa shape index (κ2) is 5.09. The molecule has 0 aliphatic rings. The van der Waals surface area contributed by atoms with Crippen LogP contribution in [0, 0.1) is 10.1 Å². The lowest BCUT2D eigenvalue weighted by Gasteiger charge is -2.03. The molecule has 0 saturated heterocycles. The Morgan fingerprint density at radius 1 is 1.47 bits per heavy atom. The Balaban J connectivity index is 2.92. The third-order valence-corrected chi connectivity index (χ3v) is 1.76. The summed E-state index contributed by atoms with van der Waals surface area (Å²) in [5, 5.41) is 10.6. The van der Waals surface area contributed by atoms with Gasteiger partial charge in [-0.05, 0) is 12.5 Å². The van der Waals surface area contributed by atoms with Crippen molar-refractivity contribution >= 4 is 11.7 Å². The third-order valence-electron chi connectivity index (χ3n) is 1.76. The van der Waals surface area contributed by atoms with Crippen molar-refractivity contribution < 1.29 is 14.5 Å². The van der Waals surface area contributed by atoms with E-state index in [2.05, 4.69) is 0 Å². The van der Waals surface area contributed by atoms with Crippen molar-refractivity contribution in [2.45, 2.75) is 13.3 Å². The zero-order valence-corrected chi connectivity index (χ0v) is 8.30. The van der Waals surface area contributed by atoms with Crippen LogP contribution < -0.4 is 0 Å². The molecule has 0 aromatic heterocycles. The summed E-state index contributed by atoms with van der Waals surface area (Å²) in [6.07, 6.45) is 0.687. The second-order valence-corrected chi connectivity index (χ2v) is 2.91. The van der Waals surface area contributed by atoms with Crippen LogP contribution in [0.25, 0.3) is 0 Å². The molecule has 1 aromatic carbocycles. The molecule has 0 saturated carbocycles. The molecule has 0 radical (unpaired) electrons. The Morgan fingerprint density at radius 2 is 2.13 bits per heavy atom. The van der Waals surface area contributed by atoms with Gasteiger partial charge < -0.3 is 4.74 Å². The van der Waals surface area contributed by atoms with Gasteiger partial charge in [0.2, 0.25) is 0 Å². The highest BCUT2D eigenvalue weighted by Crippen LogP contribution is 2.18. The third kappa shape index (κ3) is 2.77. The molecule has 1 aromatic rings. The summed E-state index contributed by atoms with van der Waals surface area (Å²) >= 11 is 0. The van der Waals surface area contributed by atoms with Crippen molar-refractivity contribution in [1.82, 2.24) is 0 Å². The van der Waals surface area contributed by atoms with Crippen LogP contribution in [-0.4, -0.2) is 17.5 Å². The maximum absolute atomic E-state index is 11.4. The van der Waals surface area contributed by atoms with Crippen LogP contribution in [0.3, 0.4) is 0 Å². The number of para-hydroxylation sites is 1. The first-order chi connectivity index (χ1) is 7.16. The summed E-state index contributed by atoms with van der Waals surface area (Å²) in [6, 6.07) is 5.74. The zero-order chi connectivity index (χ0) is 11.3. The Morgan fingerprint density at radius 3 is 2.73 bits per heavy atom. The van der Waals surface area contributed by atoms with Crippen molar-refractivity contribution in [2.24, 2.45) is 0 Å². The van der Waals surface area contributed by atoms with Gasteiger partial charge in [-0.15, -0.1) is 0 Å². The maximum Gasteiger partial charge on any atom is 0.345 e. The Hall–Kier alpha value is -1.91. The Bertz CT molecular complexity index is 375. The van der Waals surface area contributed by atoms with Crippen molar-refractivity contribution in [2.75, 3.05) is 6.61 Å². The van der Waals surface area contributed by atoms with Gasteiger partial charge in [0.05, 0.1) is 11.5 Å². The molecule has 0 unspecified atom stereocenters. The standard InChI is InChI=1S/C10H11NO4/c1-2-7-15-10(12)8-5-3-4-6-9(8)11(13)14/h3-6H,2,7H2,1H3. The van der Waals surface area contributed by atoms with Gasteiger partial charge in [-0.1, -0.05) is 19.1 Å². The van der Waals surface area contributed by atoms with Crippen LogP contribution >= 0.6 is 0 Å². The minimum atomic E-state index is -0.649. The predicted octanol–water partition coefficient (Wildman–Crippen LogP) is 2.16. The van der Waals surface area contributed by atoms with Crippen LogP contribution in [0.2, 0.25) is 0 Å². The minimum absolute atomic E-state index is 0.00375. The SMILES string of the molecule is CCCOC(=O)c1ccccc1[N+](=O)[O-]. The summed E-state index contributed by atoms with van der Waals surface area (Å²) in [6.45, 7) is 2.12. The average Bonchev–Trinajstić information content (AvgIpc) is 2.25. The summed E-state index contributed by atoms with van der Waals surface area (Å²) in [5.41, 5.74) is -0.227. The van der Waals surface area contributed by atoms with Gasteiger partial charge in [-0.25, -0.2) is 4.79 Å². The summed E-state index contributed by atoms with van der Waals surface area (Å²) in [7, 11) is 0. The fourth-order valence-corrected chi connectivity index (χ4v) is 1.08. The maximum atomic E-state index is 11.4. The number of esters is 1. The molecule has 0 aliphatic heterocycles. The number of benzene rings is 1. The molecule has 0 atom stereocenters. The van der Waals surface area contributed by atoms with E-state index in [1.807, 2.05) is 6.92 Å². The first kappa shape index (κ1) is 11.2. The van der Waals surface area contributed by atoms with Crippen molar-refractivity contribution in [3.63, 3.8) is 0 Å². The number of rotatable bonds is 4. The first-order valence-corrected chi connectivity index (χ1v) is 4.57. The van der Waals surface area contributed by atoms with E-state index in [0.29, 0.717) is 6.42 Å². The molecule has 0 N–H and O–H groups in total. The topological polar surface area (TPSA) is 69.4 Å². The van der Waals surface area contributed by atoms with Gasteiger partial charge in [0, 0.05) is 6.07 Å². The fraction of sp³-hybridized carbons (Fsp3) is 0.300. The lowest BCUT2D eigenvalue weighted by molar-refractivity contribution is -0.385. The number of nitro benzene ring substituents is 1. The first-order valence-electron chi connectivity index (χ1n) is 4.57. The van der Waals surface area contributed by atoms with E-state index in [-0.39, 0.29) is 17.9 Å².